The fourth-order valence-corrected chi connectivity index (χ4v) is 2.79. The zero-order chi connectivity index (χ0) is 13.8. The van der Waals surface area contributed by atoms with E-state index in [0.717, 1.165) is 24.9 Å². The molecule has 0 unspecified atom stereocenters. The fraction of sp³-hybridized carbons (Fsp3) is 0.500. The van der Waals surface area contributed by atoms with E-state index in [1.165, 1.54) is 0 Å². The summed E-state index contributed by atoms with van der Waals surface area (Å²) in [5.41, 5.74) is 0.972. The molecule has 0 saturated carbocycles. The van der Waals surface area contributed by atoms with Gasteiger partial charge in [-0.3, -0.25) is 4.79 Å². The molecule has 1 fully saturated rings. The number of rotatable bonds is 3. The molecule has 2 atom stereocenters. The summed E-state index contributed by atoms with van der Waals surface area (Å²) in [7, 11) is 0. The lowest BCUT2D eigenvalue weighted by Gasteiger charge is -2.27. The highest BCUT2D eigenvalue weighted by Crippen LogP contribution is 2.24. The van der Waals surface area contributed by atoms with E-state index in [1.54, 1.807) is 6.07 Å². The lowest BCUT2D eigenvalue weighted by molar-refractivity contribution is -0.126. The number of aromatic hydroxyl groups is 1. The summed E-state index contributed by atoms with van der Waals surface area (Å²) in [4.78, 5) is 12.1. The van der Waals surface area contributed by atoms with Crippen LogP contribution in [-0.2, 0) is 11.3 Å². The highest BCUT2D eigenvalue weighted by atomic mass is 79.9. The van der Waals surface area contributed by atoms with E-state index in [2.05, 4.69) is 33.5 Å². The topological polar surface area (TPSA) is 61.4 Å². The first-order valence-corrected chi connectivity index (χ1v) is 7.34. The van der Waals surface area contributed by atoms with Gasteiger partial charge in [-0.05, 0) is 59.9 Å². The third-order valence-corrected chi connectivity index (χ3v) is 4.11. The molecule has 1 amide bonds. The van der Waals surface area contributed by atoms with Crippen LogP contribution in [0.5, 0.6) is 5.75 Å². The predicted octanol–water partition coefficient (Wildman–Crippen LogP) is 2.16. The predicted molar refractivity (Wildman–Crippen MR) is 77.8 cm³/mol. The number of nitrogens with one attached hydrogen (secondary N) is 2. The van der Waals surface area contributed by atoms with Gasteiger partial charge >= 0.3 is 0 Å². The van der Waals surface area contributed by atoms with Crippen LogP contribution in [-0.4, -0.2) is 23.6 Å². The van der Waals surface area contributed by atoms with Gasteiger partial charge in [0.2, 0.25) is 5.91 Å². The lowest BCUT2D eigenvalue weighted by atomic mass is 9.92. The molecule has 2 rings (SSSR count). The Kier molecular flexibility index (Phi) is 4.82. The summed E-state index contributed by atoms with van der Waals surface area (Å²) in [5.74, 6) is 0.441. The molecule has 1 aliphatic heterocycles. The van der Waals surface area contributed by atoms with Gasteiger partial charge in [-0.2, -0.15) is 0 Å². The maximum Gasteiger partial charge on any atom is 0.223 e. The molecule has 5 heteroatoms. The lowest BCUT2D eigenvalue weighted by Crippen LogP contribution is -2.42. The SMILES string of the molecule is C[C@H]1C[C@@H](C(=O)NCc2ccc(O)c(Br)c2)CCN1. The zero-order valence-corrected chi connectivity index (χ0v) is 12.5. The Morgan fingerprint density at radius 2 is 2.37 bits per heavy atom. The molecule has 1 aromatic carbocycles. The van der Waals surface area contributed by atoms with Gasteiger partial charge in [0.05, 0.1) is 4.47 Å². The molecular formula is C14H19BrN2O2. The number of phenols is 1. The van der Waals surface area contributed by atoms with Crippen molar-refractivity contribution in [2.75, 3.05) is 6.54 Å². The Bertz CT molecular complexity index is 465. The van der Waals surface area contributed by atoms with Gasteiger partial charge < -0.3 is 15.7 Å². The van der Waals surface area contributed by atoms with Crippen LogP contribution in [0.3, 0.4) is 0 Å². The first-order chi connectivity index (χ1) is 9.06. The van der Waals surface area contributed by atoms with Crippen LogP contribution in [0.1, 0.15) is 25.3 Å². The number of amides is 1. The normalized spacial score (nSPS) is 23.1. The summed E-state index contributed by atoms with van der Waals surface area (Å²) >= 11 is 3.27. The van der Waals surface area contributed by atoms with Crippen molar-refractivity contribution in [1.29, 1.82) is 0 Å². The van der Waals surface area contributed by atoms with E-state index in [1.807, 2.05) is 12.1 Å². The molecule has 0 spiro atoms. The Morgan fingerprint density at radius 3 is 3.05 bits per heavy atom. The third kappa shape index (κ3) is 3.94. The summed E-state index contributed by atoms with van der Waals surface area (Å²) in [6.07, 6.45) is 1.79. The maximum atomic E-state index is 12.1. The molecule has 104 valence electrons. The van der Waals surface area contributed by atoms with Crippen LogP contribution < -0.4 is 10.6 Å². The number of carbonyl (C=O) groups is 1. The average molecular weight is 327 g/mol. The minimum absolute atomic E-state index is 0.108. The van der Waals surface area contributed by atoms with Crippen molar-refractivity contribution in [1.82, 2.24) is 10.6 Å². The monoisotopic (exact) mass is 326 g/mol. The number of hydrogen-bond donors (Lipinski definition) is 3. The molecule has 0 radical (unpaired) electrons. The van der Waals surface area contributed by atoms with Gasteiger partial charge in [0.25, 0.3) is 0 Å². The Balaban J connectivity index is 1.87. The van der Waals surface area contributed by atoms with Crippen molar-refractivity contribution in [2.45, 2.75) is 32.4 Å². The van der Waals surface area contributed by atoms with Crippen molar-refractivity contribution < 1.29 is 9.90 Å². The van der Waals surface area contributed by atoms with Crippen LogP contribution in [0.25, 0.3) is 0 Å². The summed E-state index contributed by atoms with van der Waals surface area (Å²) < 4.78 is 0.648. The van der Waals surface area contributed by atoms with Crippen LogP contribution in [0.15, 0.2) is 22.7 Å². The number of phenolic OH excluding ortho intramolecular Hbond substituents is 1. The Morgan fingerprint density at radius 1 is 1.58 bits per heavy atom. The van der Waals surface area contributed by atoms with Crippen LogP contribution in [0, 0.1) is 5.92 Å². The van der Waals surface area contributed by atoms with Gasteiger partial charge in [0.1, 0.15) is 5.75 Å². The molecule has 0 aliphatic carbocycles. The molecule has 1 aliphatic rings. The summed E-state index contributed by atoms with van der Waals surface area (Å²) in [6, 6.07) is 5.66. The van der Waals surface area contributed by atoms with Crippen molar-refractivity contribution in [3.05, 3.63) is 28.2 Å². The minimum Gasteiger partial charge on any atom is -0.507 e. The minimum atomic E-state index is 0.108. The maximum absolute atomic E-state index is 12.1. The van der Waals surface area contributed by atoms with Crippen LogP contribution in [0.2, 0.25) is 0 Å². The van der Waals surface area contributed by atoms with Crippen molar-refractivity contribution in [3.63, 3.8) is 0 Å². The van der Waals surface area contributed by atoms with Crippen molar-refractivity contribution >= 4 is 21.8 Å². The molecule has 0 aromatic heterocycles. The largest absolute Gasteiger partial charge is 0.507 e. The average Bonchev–Trinajstić information content (AvgIpc) is 2.40. The summed E-state index contributed by atoms with van der Waals surface area (Å²) in [6.45, 7) is 3.51. The second kappa shape index (κ2) is 6.39. The number of benzene rings is 1. The highest BCUT2D eigenvalue weighted by molar-refractivity contribution is 9.10. The zero-order valence-electron chi connectivity index (χ0n) is 10.9. The second-order valence-electron chi connectivity index (χ2n) is 5.08. The number of halogens is 1. The van der Waals surface area contributed by atoms with E-state index < -0.39 is 0 Å². The van der Waals surface area contributed by atoms with E-state index in [-0.39, 0.29) is 17.6 Å². The van der Waals surface area contributed by atoms with Gasteiger partial charge in [0.15, 0.2) is 0 Å². The van der Waals surface area contributed by atoms with Gasteiger partial charge in [-0.25, -0.2) is 0 Å². The molecule has 3 N–H and O–H groups in total. The second-order valence-corrected chi connectivity index (χ2v) is 5.93. The molecule has 1 heterocycles. The Labute approximate surface area is 121 Å². The molecular weight excluding hydrogens is 308 g/mol. The van der Waals surface area contributed by atoms with Gasteiger partial charge in [-0.1, -0.05) is 6.07 Å². The van der Waals surface area contributed by atoms with E-state index >= 15 is 0 Å². The standard InChI is InChI=1S/C14H19BrN2O2/c1-9-6-11(4-5-16-9)14(19)17-8-10-2-3-13(18)12(15)7-10/h2-3,7,9,11,16,18H,4-6,8H2,1H3,(H,17,19)/t9-,11-/m0/s1. The number of piperidine rings is 1. The van der Waals surface area contributed by atoms with Crippen molar-refractivity contribution in [2.24, 2.45) is 5.92 Å². The molecule has 1 aromatic rings. The van der Waals surface area contributed by atoms with Gasteiger partial charge in [0, 0.05) is 18.5 Å². The van der Waals surface area contributed by atoms with Crippen molar-refractivity contribution in [3.8, 4) is 5.75 Å². The molecule has 0 bridgehead atoms. The molecule has 19 heavy (non-hydrogen) atoms. The van der Waals surface area contributed by atoms with Crippen LogP contribution >= 0.6 is 15.9 Å². The number of hydrogen-bond acceptors (Lipinski definition) is 3. The molecule has 4 nitrogen and oxygen atoms in total. The Hall–Kier alpha value is -1.07. The van der Waals surface area contributed by atoms with E-state index in [9.17, 15) is 9.90 Å². The van der Waals surface area contributed by atoms with E-state index in [0.29, 0.717) is 17.1 Å². The smallest absolute Gasteiger partial charge is 0.223 e. The number of carbonyl (C=O) groups excluding carboxylic acids is 1. The highest BCUT2D eigenvalue weighted by Gasteiger charge is 2.24. The summed E-state index contributed by atoms with van der Waals surface area (Å²) in [5, 5.41) is 15.7. The first-order valence-electron chi connectivity index (χ1n) is 6.54. The third-order valence-electron chi connectivity index (χ3n) is 3.47. The fourth-order valence-electron chi connectivity index (χ4n) is 2.36. The first kappa shape index (κ1) is 14.3. The van der Waals surface area contributed by atoms with Gasteiger partial charge in [-0.15, -0.1) is 0 Å². The quantitative estimate of drug-likeness (QED) is 0.797. The van der Waals surface area contributed by atoms with Crippen LogP contribution in [0.4, 0.5) is 0 Å². The molecule has 1 saturated heterocycles. The van der Waals surface area contributed by atoms with E-state index in [4.69, 9.17) is 0 Å².